The summed E-state index contributed by atoms with van der Waals surface area (Å²) in [6.07, 6.45) is 1.88. The Kier molecular flexibility index (Phi) is 6.63. The number of aliphatic carboxylic acids is 1. The van der Waals surface area contributed by atoms with Gasteiger partial charge in [-0.25, -0.2) is 4.79 Å². The molecule has 0 aliphatic carbocycles. The van der Waals surface area contributed by atoms with E-state index in [4.69, 9.17) is 0 Å². The van der Waals surface area contributed by atoms with Crippen LogP contribution in [0.5, 0.6) is 5.75 Å². The number of carbonyl (C=O) groups is 3. The van der Waals surface area contributed by atoms with Gasteiger partial charge in [-0.1, -0.05) is 37.3 Å². The monoisotopic (exact) mass is 424 g/mol. The number of rotatable bonds is 7. The Morgan fingerprint density at radius 2 is 1.81 bits per heavy atom. The molecule has 0 bridgehead atoms. The van der Waals surface area contributed by atoms with Gasteiger partial charge in [0, 0.05) is 25.5 Å². The van der Waals surface area contributed by atoms with Gasteiger partial charge in [0.05, 0.1) is 6.04 Å². The highest BCUT2D eigenvalue weighted by atomic mass is 16.4. The predicted octanol–water partition coefficient (Wildman–Crippen LogP) is 3.28. The van der Waals surface area contributed by atoms with E-state index in [9.17, 15) is 24.6 Å². The molecule has 1 fully saturated rings. The van der Waals surface area contributed by atoms with Crippen molar-refractivity contribution in [3.05, 3.63) is 65.2 Å². The maximum Gasteiger partial charge on any atom is 0.329 e. The number of hydrogen-bond acceptors (Lipinski definition) is 4. The number of likely N-dealkylation sites (tertiary alicyclic amines) is 1. The third kappa shape index (κ3) is 4.71. The van der Waals surface area contributed by atoms with E-state index in [2.05, 4.69) is 5.32 Å². The lowest BCUT2D eigenvalue weighted by Gasteiger charge is -2.31. The lowest BCUT2D eigenvalue weighted by Crippen LogP contribution is -2.56. The van der Waals surface area contributed by atoms with Gasteiger partial charge in [-0.2, -0.15) is 0 Å². The Morgan fingerprint density at radius 1 is 1.13 bits per heavy atom. The van der Waals surface area contributed by atoms with E-state index in [1.807, 2.05) is 12.1 Å². The van der Waals surface area contributed by atoms with Crippen LogP contribution < -0.4 is 5.32 Å². The molecule has 31 heavy (non-hydrogen) atoms. The summed E-state index contributed by atoms with van der Waals surface area (Å²) in [7, 11) is 0. The summed E-state index contributed by atoms with van der Waals surface area (Å²) in [4.78, 5) is 39.3. The predicted molar refractivity (Wildman–Crippen MR) is 116 cm³/mol. The van der Waals surface area contributed by atoms with Crippen molar-refractivity contribution in [3.63, 3.8) is 0 Å². The number of carbonyl (C=O) groups excluding carboxylic acids is 2. The van der Waals surface area contributed by atoms with Crippen LogP contribution in [0.4, 0.5) is 0 Å². The van der Waals surface area contributed by atoms with Gasteiger partial charge in [0.15, 0.2) is 0 Å². The van der Waals surface area contributed by atoms with E-state index in [0.717, 1.165) is 18.4 Å². The first-order chi connectivity index (χ1) is 14.8. The largest absolute Gasteiger partial charge is 0.508 e. The molecular weight excluding hydrogens is 396 g/mol. The number of aromatic hydroxyl groups is 1. The molecule has 7 nitrogen and oxygen atoms in total. The van der Waals surface area contributed by atoms with Crippen LogP contribution in [0.1, 0.15) is 60.6 Å². The van der Waals surface area contributed by atoms with Crippen molar-refractivity contribution >= 4 is 17.8 Å². The third-order valence-electron chi connectivity index (χ3n) is 6.03. The van der Waals surface area contributed by atoms with Crippen LogP contribution in [0.3, 0.4) is 0 Å². The zero-order valence-corrected chi connectivity index (χ0v) is 17.8. The fraction of sp³-hybridized carbons (Fsp3) is 0.375. The minimum Gasteiger partial charge on any atom is -0.508 e. The smallest absolute Gasteiger partial charge is 0.329 e. The molecule has 2 unspecified atom stereocenters. The molecule has 0 spiro atoms. The van der Waals surface area contributed by atoms with Crippen LogP contribution in [-0.4, -0.2) is 45.0 Å². The number of amides is 2. The molecule has 1 heterocycles. The second kappa shape index (κ2) is 9.20. The van der Waals surface area contributed by atoms with Crippen molar-refractivity contribution in [2.75, 3.05) is 6.54 Å². The van der Waals surface area contributed by atoms with Crippen molar-refractivity contribution in [2.45, 2.75) is 51.1 Å². The summed E-state index contributed by atoms with van der Waals surface area (Å²) in [5.74, 6) is -1.56. The number of carboxylic acid groups (broad SMARTS) is 1. The van der Waals surface area contributed by atoms with Crippen molar-refractivity contribution in [3.8, 4) is 5.75 Å². The molecule has 1 saturated heterocycles. The van der Waals surface area contributed by atoms with Gasteiger partial charge in [0.1, 0.15) is 11.3 Å². The number of phenols is 1. The normalized spacial score (nSPS) is 17.7. The maximum absolute atomic E-state index is 13.3. The lowest BCUT2D eigenvalue weighted by atomic mass is 9.87. The van der Waals surface area contributed by atoms with Crippen LogP contribution in [0.15, 0.2) is 48.5 Å². The average molecular weight is 424 g/mol. The molecule has 0 aromatic heterocycles. The van der Waals surface area contributed by atoms with Gasteiger partial charge in [-0.15, -0.1) is 0 Å². The van der Waals surface area contributed by atoms with Crippen LogP contribution in [0.25, 0.3) is 0 Å². The standard InChI is InChI=1S/C24H28N2O5/c1-3-24(23(30)31,15-17-10-12-18(28)13-11-17)25-22(29)20-8-5-4-7-19(20)21-9-6-14-26(21)16(2)27/h4-5,7-8,10-13,21,28H,3,6,9,14-15H2,1-2H3,(H,25,29)(H,30,31). The summed E-state index contributed by atoms with van der Waals surface area (Å²) >= 11 is 0. The topological polar surface area (TPSA) is 107 Å². The number of carboxylic acids is 1. The summed E-state index contributed by atoms with van der Waals surface area (Å²) in [6, 6.07) is 13.1. The Morgan fingerprint density at radius 3 is 2.42 bits per heavy atom. The highest BCUT2D eigenvalue weighted by Gasteiger charge is 2.40. The highest BCUT2D eigenvalue weighted by molar-refractivity contribution is 5.99. The second-order valence-electron chi connectivity index (χ2n) is 8.00. The first-order valence-corrected chi connectivity index (χ1v) is 10.5. The second-order valence-corrected chi connectivity index (χ2v) is 8.00. The van der Waals surface area contributed by atoms with Crippen molar-refractivity contribution < 1.29 is 24.6 Å². The number of nitrogens with zero attached hydrogens (tertiary/aromatic N) is 1. The SMILES string of the molecule is CCC(Cc1ccc(O)cc1)(NC(=O)c1ccccc1C1CCCN1C(C)=O)C(=O)O. The van der Waals surface area contributed by atoms with Crippen LogP contribution in [-0.2, 0) is 16.0 Å². The van der Waals surface area contributed by atoms with Gasteiger partial charge in [-0.3, -0.25) is 9.59 Å². The third-order valence-corrected chi connectivity index (χ3v) is 6.03. The number of nitrogens with one attached hydrogen (secondary N) is 1. The first-order valence-electron chi connectivity index (χ1n) is 10.5. The van der Waals surface area contributed by atoms with Crippen molar-refractivity contribution in [2.24, 2.45) is 0 Å². The molecule has 164 valence electrons. The number of phenolic OH excluding ortho intramolecular Hbond substituents is 1. The van der Waals surface area contributed by atoms with Crippen LogP contribution in [0, 0.1) is 0 Å². The molecule has 2 aromatic carbocycles. The molecule has 7 heteroatoms. The molecule has 2 atom stereocenters. The van der Waals surface area contributed by atoms with Gasteiger partial charge in [0.25, 0.3) is 5.91 Å². The molecule has 0 saturated carbocycles. The average Bonchev–Trinajstić information content (AvgIpc) is 3.24. The zero-order chi connectivity index (χ0) is 22.6. The molecule has 3 rings (SSSR count). The fourth-order valence-electron chi connectivity index (χ4n) is 4.25. The minimum absolute atomic E-state index is 0.0431. The van der Waals surface area contributed by atoms with Crippen LogP contribution >= 0.6 is 0 Å². The Balaban J connectivity index is 1.92. The summed E-state index contributed by atoms with van der Waals surface area (Å²) in [5, 5.41) is 22.3. The lowest BCUT2D eigenvalue weighted by molar-refractivity contribution is -0.144. The fourth-order valence-corrected chi connectivity index (χ4v) is 4.25. The van der Waals surface area contributed by atoms with Gasteiger partial charge in [-0.05, 0) is 48.6 Å². The Bertz CT molecular complexity index is 972. The van der Waals surface area contributed by atoms with Crippen LogP contribution in [0.2, 0.25) is 0 Å². The summed E-state index contributed by atoms with van der Waals surface area (Å²) < 4.78 is 0. The van der Waals surface area contributed by atoms with Gasteiger partial charge in [0.2, 0.25) is 5.91 Å². The molecule has 2 amide bonds. The maximum atomic E-state index is 13.3. The van der Waals surface area contributed by atoms with Crippen molar-refractivity contribution in [1.29, 1.82) is 0 Å². The first kappa shape index (κ1) is 22.3. The number of hydrogen-bond donors (Lipinski definition) is 3. The molecule has 1 aliphatic heterocycles. The number of benzene rings is 2. The van der Waals surface area contributed by atoms with E-state index in [1.54, 1.807) is 36.1 Å². The quantitative estimate of drug-likeness (QED) is 0.632. The summed E-state index contributed by atoms with van der Waals surface area (Å²) in [6.45, 7) is 3.88. The Hall–Kier alpha value is -3.35. The molecular formula is C24H28N2O5. The van der Waals surface area contributed by atoms with E-state index in [-0.39, 0.29) is 30.5 Å². The Labute approximate surface area is 181 Å². The highest BCUT2D eigenvalue weighted by Crippen LogP contribution is 2.34. The van der Waals surface area contributed by atoms with E-state index in [0.29, 0.717) is 17.7 Å². The van der Waals surface area contributed by atoms with Crippen molar-refractivity contribution in [1.82, 2.24) is 10.2 Å². The van der Waals surface area contributed by atoms with E-state index >= 15 is 0 Å². The molecule has 1 aliphatic rings. The zero-order valence-electron chi connectivity index (χ0n) is 17.8. The van der Waals surface area contributed by atoms with Gasteiger partial charge < -0.3 is 20.4 Å². The van der Waals surface area contributed by atoms with Gasteiger partial charge >= 0.3 is 5.97 Å². The molecule has 2 aromatic rings. The summed E-state index contributed by atoms with van der Waals surface area (Å²) in [5.41, 5.74) is 0.296. The van der Waals surface area contributed by atoms with E-state index in [1.165, 1.54) is 19.1 Å². The molecule has 3 N–H and O–H groups in total. The molecule has 0 radical (unpaired) electrons. The minimum atomic E-state index is -1.50. The van der Waals surface area contributed by atoms with E-state index < -0.39 is 17.4 Å².